The Morgan fingerprint density at radius 3 is 1.71 bits per heavy atom. The van der Waals surface area contributed by atoms with Gasteiger partial charge in [-0.05, 0) is 113 Å². The van der Waals surface area contributed by atoms with Crippen LogP contribution in [0, 0.1) is 26.2 Å². The number of aliphatic hydroxyl groups is 1. The van der Waals surface area contributed by atoms with Crippen molar-refractivity contribution in [2.75, 3.05) is 59.3 Å². The molecule has 1 fully saturated rings. The van der Waals surface area contributed by atoms with Crippen molar-refractivity contribution >= 4 is 80.7 Å². The van der Waals surface area contributed by atoms with Crippen LogP contribution in [0.1, 0.15) is 118 Å². The summed E-state index contributed by atoms with van der Waals surface area (Å²) in [7, 11) is 3.45. The van der Waals surface area contributed by atoms with Gasteiger partial charge < -0.3 is 74.6 Å². The second kappa shape index (κ2) is 33.4. The quantitative estimate of drug-likeness (QED) is 0.0330. The normalized spacial score (nSPS) is 15.1. The summed E-state index contributed by atoms with van der Waals surface area (Å²) in [4.78, 5) is 123. The molecule has 0 radical (unpaired) electrons. The number of nitrogens with one attached hydrogen (secondary N) is 3. The summed E-state index contributed by atoms with van der Waals surface area (Å²) in [5.41, 5.74) is 20.6. The smallest absolute Gasteiger partial charge is 0.298 e. The van der Waals surface area contributed by atoms with E-state index in [1.165, 1.54) is 4.90 Å². The van der Waals surface area contributed by atoms with Gasteiger partial charge in [-0.3, -0.25) is 47.7 Å². The minimum Gasteiger partial charge on any atom is -0.391 e. The maximum absolute atomic E-state index is 14.1. The molecule has 1 aliphatic heterocycles. The molecule has 0 aliphatic carbocycles. The molecule has 5 aromatic heterocycles. The van der Waals surface area contributed by atoms with Gasteiger partial charge in [0, 0.05) is 77.5 Å². The molecular formula is C69H89N17O13S. The van der Waals surface area contributed by atoms with Crippen LogP contribution in [0.5, 0.6) is 0 Å². The second-order valence-electron chi connectivity index (χ2n) is 25.5. The van der Waals surface area contributed by atoms with E-state index in [4.69, 9.17) is 30.4 Å². The molecule has 1 saturated heterocycles. The van der Waals surface area contributed by atoms with Gasteiger partial charge >= 0.3 is 0 Å². The number of hydrogen-bond acceptors (Lipinski definition) is 17. The van der Waals surface area contributed by atoms with Gasteiger partial charge in [0.1, 0.15) is 36.7 Å². The number of β-amino-alcohol motifs (C(OH)–C–C–N with tert-alkyl or cyclic N) is 1. The second-order valence-corrected chi connectivity index (χ2v) is 26.4. The number of likely N-dealkylation sites (tertiary alicyclic amines) is 1. The molecule has 0 saturated carbocycles. The number of aliphatic hydroxyl groups excluding tert-OH is 1. The van der Waals surface area contributed by atoms with Crippen LogP contribution in [-0.4, -0.2) is 184 Å². The molecule has 0 bridgehead atoms. The van der Waals surface area contributed by atoms with E-state index in [2.05, 4.69) is 41.1 Å². The fourth-order valence-corrected chi connectivity index (χ4v) is 12.8. The zero-order valence-corrected chi connectivity index (χ0v) is 58.9. The number of aryl methyl sites for hydroxylation is 9. The van der Waals surface area contributed by atoms with Crippen LogP contribution in [0.3, 0.4) is 0 Å². The number of fused-ring (bicyclic) bond motifs is 2. The topological polar surface area (TPSA) is 378 Å². The van der Waals surface area contributed by atoms with E-state index in [0.717, 1.165) is 21.7 Å². The Morgan fingerprint density at radius 1 is 0.680 bits per heavy atom. The van der Waals surface area contributed by atoms with Gasteiger partial charge in [0.15, 0.2) is 0 Å². The Labute approximate surface area is 581 Å². The molecule has 0 spiro atoms. The van der Waals surface area contributed by atoms with E-state index in [1.807, 2.05) is 54.2 Å². The highest BCUT2D eigenvalue weighted by Crippen LogP contribution is 2.29. The number of thiazole rings is 1. The van der Waals surface area contributed by atoms with E-state index in [0.29, 0.717) is 46.5 Å². The predicted molar refractivity (Wildman–Crippen MR) is 370 cm³/mol. The number of ether oxygens (including phenoxy) is 4. The summed E-state index contributed by atoms with van der Waals surface area (Å²) < 4.78 is 33.7. The molecule has 31 heteroatoms. The largest absolute Gasteiger partial charge is 0.391 e. The van der Waals surface area contributed by atoms with Crippen molar-refractivity contribution in [2.45, 2.75) is 132 Å². The molecule has 3 atom stereocenters. The number of carbonyl (C=O) groups is 8. The number of aromatic nitrogens is 9. The Hall–Kier alpha value is -9.79. The number of hydrogen-bond donors (Lipinski definition) is 6. The Morgan fingerprint density at radius 2 is 1.21 bits per heavy atom. The summed E-state index contributed by atoms with van der Waals surface area (Å²) >= 11 is 1.55. The lowest BCUT2D eigenvalue weighted by Crippen LogP contribution is -2.58. The van der Waals surface area contributed by atoms with Gasteiger partial charge in [0.2, 0.25) is 46.7 Å². The van der Waals surface area contributed by atoms with Crippen molar-refractivity contribution in [1.29, 1.82) is 0 Å². The van der Waals surface area contributed by atoms with Crippen LogP contribution >= 0.6 is 11.3 Å². The van der Waals surface area contributed by atoms with Crippen molar-refractivity contribution in [3.8, 4) is 10.4 Å². The van der Waals surface area contributed by atoms with E-state index in [9.17, 15) is 43.5 Å². The van der Waals surface area contributed by atoms with Crippen molar-refractivity contribution < 1.29 is 62.4 Å². The van der Waals surface area contributed by atoms with Crippen molar-refractivity contribution in [1.82, 2.24) is 63.7 Å². The average Bonchev–Trinajstić information content (AvgIpc) is 1.62. The first kappa shape index (κ1) is 74.4. The van der Waals surface area contributed by atoms with Crippen LogP contribution in [0.25, 0.3) is 32.5 Å². The third-order valence-corrected chi connectivity index (χ3v) is 18.2. The van der Waals surface area contributed by atoms with Crippen LogP contribution in [0.15, 0.2) is 88.3 Å². The Bertz CT molecular complexity index is 4290. The maximum Gasteiger partial charge on any atom is 0.298 e. The predicted octanol–water partition coefficient (Wildman–Crippen LogP) is 3.28. The molecule has 534 valence electrons. The summed E-state index contributed by atoms with van der Waals surface area (Å²) in [6.45, 7) is 16.1. The van der Waals surface area contributed by atoms with Gasteiger partial charge in [0.05, 0.1) is 94.8 Å². The molecule has 8 amide bonds. The number of rotatable bonds is 32. The standard InChI is InChI=1S/C69H89N17O13S/c1-11-85-55(31-41(3)78-85)64(93)76-67-80(9)52-33-46(61(70)90)17-19-50(52)82(67)24-21-49(22-25-83-51-20-18-47(62(71)91)34-53(51)81(10)68(83)77-65(94)56-32-42(4)79-86(56)12-2)99-39-57(88)72-23-26-96-27-28-97-29-30-98-38-58(89)75-60(69(6,7)8)66(95)84-37-48(87)35-54(84)63(92)73-36-44-13-15-45(16-14-44)59-43(5)74-40-100-59/h13-20,31-34,40,48-49,54,60,87H,11-12,21-30,35-39H2,1-10H3,(H2,70,90)(H2,71,91)(H,72,88)(H,73,92)(H,75,89)/t48-,49?,54+,60-/m1/s1. The number of primary amides is 2. The number of imidazole rings is 2. The average molecular weight is 1400 g/mol. The van der Waals surface area contributed by atoms with Crippen molar-refractivity contribution in [3.63, 3.8) is 0 Å². The van der Waals surface area contributed by atoms with E-state index in [-0.39, 0.29) is 132 Å². The van der Waals surface area contributed by atoms with E-state index in [1.54, 1.807) is 133 Å². The van der Waals surface area contributed by atoms with Gasteiger partial charge in [-0.25, -0.2) is 4.98 Å². The third kappa shape index (κ3) is 18.2. The first-order valence-electron chi connectivity index (χ1n) is 33.2. The first-order chi connectivity index (χ1) is 47.7. The highest BCUT2D eigenvalue weighted by Gasteiger charge is 2.44. The Kier molecular flexibility index (Phi) is 24.8. The molecule has 6 heterocycles. The first-order valence-corrected chi connectivity index (χ1v) is 34.0. The summed E-state index contributed by atoms with van der Waals surface area (Å²) in [5, 5.41) is 28.1. The number of amides is 8. The lowest BCUT2D eigenvalue weighted by Gasteiger charge is -2.35. The molecule has 3 aromatic carbocycles. The zero-order chi connectivity index (χ0) is 72.1. The van der Waals surface area contributed by atoms with Crippen molar-refractivity contribution in [3.05, 3.63) is 135 Å². The summed E-state index contributed by atoms with van der Waals surface area (Å²) in [6, 6.07) is 19.0. The van der Waals surface area contributed by atoms with Gasteiger partial charge in [-0.1, -0.05) is 45.0 Å². The van der Waals surface area contributed by atoms with Crippen LogP contribution in [0.4, 0.5) is 0 Å². The van der Waals surface area contributed by atoms with E-state index >= 15 is 0 Å². The lowest BCUT2D eigenvalue weighted by atomic mass is 9.85. The highest BCUT2D eigenvalue weighted by molar-refractivity contribution is 7.13. The minimum atomic E-state index is -1.04. The lowest BCUT2D eigenvalue weighted by molar-refractivity contribution is -0.144. The zero-order valence-electron chi connectivity index (χ0n) is 58.1. The van der Waals surface area contributed by atoms with E-state index < -0.39 is 77.0 Å². The molecular weight excluding hydrogens is 1310 g/mol. The third-order valence-electron chi connectivity index (χ3n) is 17.2. The number of nitrogens with two attached hydrogens (primary N) is 2. The molecule has 1 aliphatic rings. The SMILES string of the molecule is CCn1nc(C)cc1C(=O)N=c1n(C)c2cc(C(N)=O)ccc2n1CCC(CCn1c(=NC(=O)c2cc(C)nn2CC)n(C)c2cc(C(N)=O)ccc21)OCC(=O)NCCOCCOCCOCC(=O)N[C@H](C(=O)N1C[C@H](O)C[C@H]1C(=O)NCc1ccc(-c2scnc2C)cc1)C(C)(C)C. The van der Waals surface area contributed by atoms with Gasteiger partial charge in [-0.15, -0.1) is 11.3 Å². The molecule has 0 unspecified atom stereocenters. The molecule has 100 heavy (non-hydrogen) atoms. The van der Waals surface area contributed by atoms with Crippen LogP contribution < -0.4 is 38.7 Å². The highest BCUT2D eigenvalue weighted by atomic mass is 32.1. The minimum absolute atomic E-state index is 0.0494. The molecule has 8 N–H and O–H groups in total. The number of carbonyl (C=O) groups excluding carboxylic acids is 8. The van der Waals surface area contributed by atoms with Crippen LogP contribution in [-0.2, 0) is 84.9 Å². The summed E-state index contributed by atoms with van der Waals surface area (Å²) in [5.74, 6) is -4.27. The summed E-state index contributed by atoms with van der Waals surface area (Å²) in [6.07, 6.45) is -1.07. The van der Waals surface area contributed by atoms with Crippen LogP contribution in [0.2, 0.25) is 0 Å². The fraction of sp³-hybridized carbons (Fsp3) is 0.464. The molecule has 8 aromatic rings. The van der Waals surface area contributed by atoms with Gasteiger partial charge in [0.25, 0.3) is 11.8 Å². The number of nitrogens with zero attached hydrogens (tertiary/aromatic N) is 12. The fourth-order valence-electron chi connectivity index (χ4n) is 12.0. The Balaban J connectivity index is 0.787. The monoisotopic (exact) mass is 1400 g/mol. The van der Waals surface area contributed by atoms with Crippen molar-refractivity contribution in [2.24, 2.45) is 41.0 Å². The number of benzene rings is 3. The van der Waals surface area contributed by atoms with Gasteiger partial charge in [-0.2, -0.15) is 20.2 Å². The maximum atomic E-state index is 14.1. The molecule has 9 rings (SSSR count). The molecule has 30 nitrogen and oxygen atoms in total.